The molecule has 118 valence electrons. The van der Waals surface area contributed by atoms with Crippen molar-refractivity contribution in [1.29, 1.82) is 0 Å². The molecule has 0 amide bonds. The Labute approximate surface area is 123 Å². The molecule has 2 aromatic rings. The zero-order chi connectivity index (χ0) is 16.3. The lowest BCUT2D eigenvalue weighted by Gasteiger charge is -2.22. The average Bonchev–Trinajstić information content (AvgIpc) is 2.62. The van der Waals surface area contributed by atoms with Crippen LogP contribution in [0.4, 0.5) is 13.2 Å². The third-order valence-corrected chi connectivity index (χ3v) is 6.02. The molecular formula is C14H11F3O4S. The van der Waals surface area contributed by atoms with Gasteiger partial charge in [-0.25, -0.2) is 8.42 Å². The average molecular weight is 332 g/mol. The second-order valence-corrected chi connectivity index (χ2v) is 7.25. The highest BCUT2D eigenvalue weighted by Gasteiger charge is 2.56. The molecule has 4 nitrogen and oxygen atoms in total. The SMILES string of the molecule is O=S1(=O)c2cc3ccccc3cc2C(O)C1C(O)C(F)(F)F. The molecule has 3 rings (SSSR count). The largest absolute Gasteiger partial charge is 0.415 e. The number of rotatable bonds is 1. The van der Waals surface area contributed by atoms with E-state index < -0.39 is 33.5 Å². The van der Waals surface area contributed by atoms with Crippen molar-refractivity contribution in [2.75, 3.05) is 0 Å². The van der Waals surface area contributed by atoms with Crippen LogP contribution in [0.5, 0.6) is 0 Å². The number of hydrogen-bond donors (Lipinski definition) is 2. The second-order valence-electron chi connectivity index (χ2n) is 5.18. The zero-order valence-corrected chi connectivity index (χ0v) is 11.8. The van der Waals surface area contributed by atoms with Gasteiger partial charge in [0.15, 0.2) is 15.9 Å². The molecule has 2 N–H and O–H groups in total. The molecule has 0 radical (unpaired) electrons. The maximum atomic E-state index is 12.7. The van der Waals surface area contributed by atoms with Gasteiger partial charge in [-0.2, -0.15) is 13.2 Å². The van der Waals surface area contributed by atoms with E-state index in [9.17, 15) is 31.8 Å². The molecule has 8 heteroatoms. The van der Waals surface area contributed by atoms with Gasteiger partial charge in [-0.15, -0.1) is 0 Å². The van der Waals surface area contributed by atoms with E-state index in [2.05, 4.69) is 0 Å². The van der Waals surface area contributed by atoms with Crippen LogP contribution in [-0.4, -0.2) is 36.2 Å². The third-order valence-electron chi connectivity index (χ3n) is 3.82. The lowest BCUT2D eigenvalue weighted by Crippen LogP contribution is -2.44. The first-order valence-electron chi connectivity index (χ1n) is 6.33. The van der Waals surface area contributed by atoms with Crippen LogP contribution >= 0.6 is 0 Å². The highest BCUT2D eigenvalue weighted by molar-refractivity contribution is 7.92. The van der Waals surface area contributed by atoms with Crippen molar-refractivity contribution in [3.63, 3.8) is 0 Å². The number of fused-ring (bicyclic) bond motifs is 2. The van der Waals surface area contributed by atoms with Crippen LogP contribution in [0.1, 0.15) is 11.7 Å². The van der Waals surface area contributed by atoms with E-state index in [1.54, 1.807) is 24.3 Å². The smallest absolute Gasteiger partial charge is 0.387 e. The number of aliphatic hydroxyl groups is 2. The Morgan fingerprint density at radius 3 is 2.18 bits per heavy atom. The lowest BCUT2D eigenvalue weighted by molar-refractivity contribution is -0.209. The summed E-state index contributed by atoms with van der Waals surface area (Å²) in [6.45, 7) is 0. The van der Waals surface area contributed by atoms with Gasteiger partial charge in [0.25, 0.3) is 0 Å². The summed E-state index contributed by atoms with van der Waals surface area (Å²) in [6.07, 6.45) is -10.2. The summed E-state index contributed by atoms with van der Waals surface area (Å²) in [4.78, 5) is -0.369. The second kappa shape index (κ2) is 4.68. The Hall–Kier alpha value is -1.64. The molecule has 0 saturated carbocycles. The highest BCUT2D eigenvalue weighted by Crippen LogP contribution is 2.45. The van der Waals surface area contributed by atoms with Crippen molar-refractivity contribution in [2.24, 2.45) is 0 Å². The maximum absolute atomic E-state index is 12.7. The summed E-state index contributed by atoms with van der Waals surface area (Å²) in [5.41, 5.74) is -0.119. The fourth-order valence-electron chi connectivity index (χ4n) is 2.74. The van der Waals surface area contributed by atoms with Crippen molar-refractivity contribution in [2.45, 2.75) is 28.5 Å². The quantitative estimate of drug-likeness (QED) is 0.837. The van der Waals surface area contributed by atoms with Crippen molar-refractivity contribution >= 4 is 20.6 Å². The summed E-state index contributed by atoms with van der Waals surface area (Å²) in [7, 11) is -4.49. The molecule has 0 spiro atoms. The molecule has 0 aromatic heterocycles. The molecule has 0 bridgehead atoms. The molecule has 0 fully saturated rings. The summed E-state index contributed by atoms with van der Waals surface area (Å²) >= 11 is 0. The van der Waals surface area contributed by atoms with Gasteiger partial charge in [-0.05, 0) is 22.9 Å². The van der Waals surface area contributed by atoms with Crippen LogP contribution in [0.2, 0.25) is 0 Å². The number of alkyl halides is 3. The minimum atomic E-state index is -5.14. The van der Waals surface area contributed by atoms with Crippen molar-refractivity contribution in [3.05, 3.63) is 42.0 Å². The molecule has 1 heterocycles. The van der Waals surface area contributed by atoms with Crippen molar-refractivity contribution in [1.82, 2.24) is 0 Å². The number of hydrogen-bond acceptors (Lipinski definition) is 4. The number of halogens is 3. The Bertz CT molecular complexity index is 845. The van der Waals surface area contributed by atoms with E-state index in [1.807, 2.05) is 0 Å². The normalized spacial score (nSPS) is 25.1. The molecule has 1 aliphatic rings. The van der Waals surface area contributed by atoms with E-state index in [-0.39, 0.29) is 10.5 Å². The fraction of sp³-hybridized carbons (Fsp3) is 0.286. The van der Waals surface area contributed by atoms with Crippen LogP contribution in [-0.2, 0) is 9.84 Å². The molecule has 22 heavy (non-hydrogen) atoms. The summed E-state index contributed by atoms with van der Waals surface area (Å²) in [6, 6.07) is 9.19. The maximum Gasteiger partial charge on any atom is 0.415 e. The van der Waals surface area contributed by atoms with Crippen LogP contribution < -0.4 is 0 Å². The molecular weight excluding hydrogens is 321 g/mol. The van der Waals surface area contributed by atoms with Gasteiger partial charge in [0, 0.05) is 5.56 Å². The van der Waals surface area contributed by atoms with Crippen molar-refractivity contribution in [3.8, 4) is 0 Å². The van der Waals surface area contributed by atoms with Gasteiger partial charge in [0.1, 0.15) is 11.4 Å². The van der Waals surface area contributed by atoms with E-state index in [1.165, 1.54) is 12.1 Å². The predicted octanol–water partition coefficient (Wildman–Crippen LogP) is 1.95. The summed E-state index contributed by atoms with van der Waals surface area (Å²) < 4.78 is 62.7. The summed E-state index contributed by atoms with van der Waals surface area (Å²) in [5.74, 6) is 0. The van der Waals surface area contributed by atoms with E-state index >= 15 is 0 Å². The first kappa shape index (κ1) is 15.3. The van der Waals surface area contributed by atoms with E-state index in [4.69, 9.17) is 0 Å². The van der Waals surface area contributed by atoms with Crippen LogP contribution in [0.3, 0.4) is 0 Å². The molecule has 3 unspecified atom stereocenters. The van der Waals surface area contributed by atoms with Gasteiger partial charge in [0.2, 0.25) is 0 Å². The fourth-order valence-corrected chi connectivity index (χ4v) is 4.81. The predicted molar refractivity (Wildman–Crippen MR) is 71.9 cm³/mol. The van der Waals surface area contributed by atoms with Gasteiger partial charge < -0.3 is 10.2 Å². The third kappa shape index (κ3) is 2.10. The monoisotopic (exact) mass is 332 g/mol. The van der Waals surface area contributed by atoms with Crippen LogP contribution in [0.25, 0.3) is 10.8 Å². The highest BCUT2D eigenvalue weighted by atomic mass is 32.2. The topological polar surface area (TPSA) is 74.6 Å². The molecule has 1 aliphatic heterocycles. The van der Waals surface area contributed by atoms with Gasteiger partial charge in [-0.3, -0.25) is 0 Å². The standard InChI is InChI=1S/C14H11F3O4S/c15-14(16,17)13(19)12-11(18)9-5-7-3-1-2-4-8(7)6-10(9)22(12,20)21/h1-6,11-13,18-19H. The number of sulfone groups is 1. The molecule has 0 aliphatic carbocycles. The first-order chi connectivity index (χ1) is 10.1. The molecule has 0 saturated heterocycles. The summed E-state index contributed by atoms with van der Waals surface area (Å²) in [5, 5.41) is 18.1. The van der Waals surface area contributed by atoms with E-state index in [0.29, 0.717) is 10.8 Å². The Morgan fingerprint density at radius 1 is 1.09 bits per heavy atom. The zero-order valence-electron chi connectivity index (χ0n) is 10.9. The first-order valence-corrected chi connectivity index (χ1v) is 7.88. The minimum absolute atomic E-state index is 0.119. The van der Waals surface area contributed by atoms with Gasteiger partial charge >= 0.3 is 6.18 Å². The minimum Gasteiger partial charge on any atom is -0.387 e. The van der Waals surface area contributed by atoms with Gasteiger partial charge in [-0.1, -0.05) is 24.3 Å². The Kier molecular flexibility index (Phi) is 3.24. The Morgan fingerprint density at radius 2 is 1.64 bits per heavy atom. The molecule has 2 aromatic carbocycles. The van der Waals surface area contributed by atoms with Crippen LogP contribution in [0, 0.1) is 0 Å². The lowest BCUT2D eigenvalue weighted by atomic mass is 10.00. The van der Waals surface area contributed by atoms with Crippen molar-refractivity contribution < 1.29 is 31.8 Å². The Balaban J connectivity index is 2.22. The number of aliphatic hydroxyl groups excluding tert-OH is 2. The van der Waals surface area contributed by atoms with Gasteiger partial charge in [0.05, 0.1) is 4.90 Å². The molecule has 3 atom stereocenters. The van der Waals surface area contributed by atoms with E-state index in [0.717, 1.165) is 0 Å². The van der Waals surface area contributed by atoms with Crippen LogP contribution in [0.15, 0.2) is 41.3 Å². The number of benzene rings is 2.